The third-order valence-corrected chi connectivity index (χ3v) is 0. The van der Waals surface area contributed by atoms with E-state index in [0.717, 1.165) is 0 Å². The minimum Gasteiger partial charge on any atom is -0.356 e. The summed E-state index contributed by atoms with van der Waals surface area (Å²) in [7, 11) is 0. The number of hydrogen-bond donors (Lipinski definition) is 2. The van der Waals surface area contributed by atoms with E-state index < -0.39 is 20.3 Å². The zero-order valence-corrected chi connectivity index (χ0v) is 8.64. The fourth-order valence-electron chi connectivity index (χ4n) is 0. The van der Waals surface area contributed by atoms with Crippen LogP contribution in [0.15, 0.2) is 0 Å². The Morgan fingerprint density at radius 1 is 0.588 bits per heavy atom. The molecular weight excluding hydrogens is 354 g/mol. The summed E-state index contributed by atoms with van der Waals surface area (Å²) in [5.41, 5.74) is 0. The van der Waals surface area contributed by atoms with Crippen LogP contribution in [0.1, 0.15) is 0 Å². The maximum absolute atomic E-state index is 8.36. The van der Waals surface area contributed by atoms with Crippen molar-refractivity contribution < 1.29 is 51.2 Å². The summed E-state index contributed by atoms with van der Waals surface area (Å²) in [4.78, 5) is 33.2. The topological polar surface area (TPSA) is 259 Å². The average molecular weight is 356 g/mol. The van der Waals surface area contributed by atoms with Gasteiger partial charge in [-0.1, -0.05) is 0 Å². The Hall–Kier alpha value is -2.54. The molecule has 0 aliphatic heterocycles. The van der Waals surface area contributed by atoms with E-state index in [1.54, 1.807) is 0 Å². The van der Waals surface area contributed by atoms with Gasteiger partial charge in [0.1, 0.15) is 0 Å². The average Bonchev–Trinajstić information content (AvgIpc) is 1.76. The van der Waals surface area contributed by atoms with Gasteiger partial charge in [-0.15, -0.1) is 20.2 Å². The quantitative estimate of drug-likeness (QED) is 0.295. The molecule has 0 saturated carbocycles. The predicted octanol–water partition coefficient (Wildman–Crippen LogP) is -1.18. The number of hydrogen-bond acceptors (Lipinski definition) is 10. The van der Waals surface area contributed by atoms with Crippen molar-refractivity contribution in [1.82, 2.24) is 0 Å². The van der Waals surface area contributed by atoms with Crippen LogP contribution in [0.3, 0.4) is 0 Å². The van der Waals surface area contributed by atoms with Gasteiger partial charge in [-0.3, -0.25) is 0 Å². The van der Waals surface area contributed by atoms with Gasteiger partial charge in [0.15, 0.2) is 0 Å². The summed E-state index contributed by atoms with van der Waals surface area (Å²) >= 11 is 0. The second kappa shape index (κ2) is 23.4. The van der Waals surface area contributed by atoms with Crippen LogP contribution in [0.4, 0.5) is 0 Å². The molecule has 0 spiro atoms. The Bertz CT molecular complexity index is 159. The van der Waals surface area contributed by atoms with Crippen molar-refractivity contribution in [3.05, 3.63) is 50.9 Å². The van der Waals surface area contributed by atoms with Gasteiger partial charge in [0.05, 0.1) is 10.2 Å². The molecule has 0 aromatic rings. The van der Waals surface area contributed by atoms with Crippen molar-refractivity contribution >= 4 is 0 Å². The van der Waals surface area contributed by atoms with Gasteiger partial charge in [-0.05, 0) is 0 Å². The maximum atomic E-state index is 8.36. The Morgan fingerprint density at radius 3 is 0.588 bits per heavy atom. The molecule has 0 aromatic carbocycles. The van der Waals surface area contributed by atoms with Gasteiger partial charge in [-0.2, -0.15) is 0 Å². The van der Waals surface area contributed by atoms with Gasteiger partial charge in [-0.25, -0.2) is 0 Å². The molecule has 17 heteroatoms. The molecule has 0 saturated heterocycles. The van der Waals surface area contributed by atoms with Crippen LogP contribution in [0.2, 0.25) is 0 Å². The molecule has 16 nitrogen and oxygen atoms in total. The van der Waals surface area contributed by atoms with Crippen molar-refractivity contribution in [3.63, 3.8) is 0 Å². The molecule has 0 amide bonds. The molecule has 0 aliphatic carbocycles. The minimum absolute atomic E-state index is 0. The fraction of sp³-hybridized carbons (Fsp3) is 0. The van der Waals surface area contributed by atoms with E-state index in [-0.39, 0.29) is 20.4 Å². The summed E-state index contributed by atoms with van der Waals surface area (Å²) < 4.78 is 0. The van der Waals surface area contributed by atoms with Gasteiger partial charge in [0, 0.05) is 0 Å². The largest absolute Gasteiger partial charge is 2.00 e. The van der Waals surface area contributed by atoms with E-state index in [1.807, 2.05) is 0 Å². The summed E-state index contributed by atoms with van der Waals surface area (Å²) in [6.45, 7) is 0. The molecule has 0 heterocycles. The first kappa shape index (κ1) is 29.3. The van der Waals surface area contributed by atoms with Gasteiger partial charge >= 0.3 is 20.4 Å². The first-order valence-corrected chi connectivity index (χ1v) is 2.23. The van der Waals surface area contributed by atoms with Crippen LogP contribution >= 0.6 is 0 Å². The van der Waals surface area contributed by atoms with Gasteiger partial charge in [0.2, 0.25) is 0 Å². The zero-order valence-electron chi connectivity index (χ0n) is 7.08. The molecule has 0 bridgehead atoms. The molecule has 0 rings (SSSR count). The molecule has 0 unspecified atom stereocenters. The Balaban J connectivity index is -0.0000000369. The maximum Gasteiger partial charge on any atom is 2.00 e. The van der Waals surface area contributed by atoms with E-state index in [1.165, 1.54) is 0 Å². The molecule has 0 aromatic heterocycles. The number of nitrogens with zero attached hydrogens (tertiary/aromatic N) is 4. The van der Waals surface area contributed by atoms with Crippen LogP contribution in [0, 0.1) is 50.9 Å². The number of rotatable bonds is 0. The van der Waals surface area contributed by atoms with Crippen LogP contribution in [-0.2, 0) is 20.4 Å². The molecule has 0 radical (unpaired) electrons. The van der Waals surface area contributed by atoms with Gasteiger partial charge < -0.3 is 41.1 Å². The molecule has 17 heavy (non-hydrogen) atoms. The molecule has 0 atom stereocenters. The van der Waals surface area contributed by atoms with E-state index in [2.05, 4.69) is 0 Å². The first-order valence-electron chi connectivity index (χ1n) is 2.23. The van der Waals surface area contributed by atoms with Crippen LogP contribution in [0.25, 0.3) is 0 Å². The van der Waals surface area contributed by atoms with Crippen LogP contribution in [0.5, 0.6) is 0 Å². The third kappa shape index (κ3) is 275. The SMILES string of the molecule is O=[N+]([O-])O.O=[N+]([O-])O.O=[N+]([O-])[O-].O=[N+]([O-])[O-].[Pd+2]. The van der Waals surface area contributed by atoms with Gasteiger partial charge in [0.25, 0.3) is 10.2 Å². The summed E-state index contributed by atoms with van der Waals surface area (Å²) in [5.74, 6) is 0. The monoisotopic (exact) mass is 356 g/mol. The third-order valence-electron chi connectivity index (χ3n) is 0. The van der Waals surface area contributed by atoms with E-state index >= 15 is 0 Å². The standard InChI is InChI=1S/2HNO3.2NO3.Pd/c4*2-1(3)4;/h2*(H,2,3,4);;;/q;;2*-1;+2. The Kier molecular flexibility index (Phi) is 40.2. The molecule has 104 valence electrons. The zero-order chi connectivity index (χ0) is 14.3. The predicted molar refractivity (Wildman–Crippen MR) is 38.3 cm³/mol. The van der Waals surface area contributed by atoms with Crippen molar-refractivity contribution in [2.45, 2.75) is 0 Å². The van der Waals surface area contributed by atoms with Crippen molar-refractivity contribution in [1.29, 1.82) is 0 Å². The first-order chi connectivity index (χ1) is 6.93. The van der Waals surface area contributed by atoms with E-state index in [0.29, 0.717) is 0 Å². The Labute approximate surface area is 103 Å². The van der Waals surface area contributed by atoms with E-state index in [4.69, 9.17) is 61.3 Å². The van der Waals surface area contributed by atoms with E-state index in [9.17, 15) is 0 Å². The van der Waals surface area contributed by atoms with Crippen molar-refractivity contribution in [3.8, 4) is 0 Å². The van der Waals surface area contributed by atoms with Crippen molar-refractivity contribution in [2.75, 3.05) is 0 Å². The summed E-state index contributed by atoms with van der Waals surface area (Å²) in [5, 5.41) is 56.8. The van der Waals surface area contributed by atoms with Crippen LogP contribution < -0.4 is 0 Å². The molecule has 2 N–H and O–H groups in total. The van der Waals surface area contributed by atoms with Crippen molar-refractivity contribution in [2.24, 2.45) is 0 Å². The molecular formula is H2N4O12Pd. The minimum atomic E-state index is -1.75. The second-order valence-corrected chi connectivity index (χ2v) is 0.923. The van der Waals surface area contributed by atoms with Crippen LogP contribution in [-0.4, -0.2) is 30.8 Å². The molecule has 0 fully saturated rings. The smallest absolute Gasteiger partial charge is 0.356 e. The normalized spacial score (nSPS) is 5.65. The Morgan fingerprint density at radius 2 is 0.588 bits per heavy atom. The summed E-state index contributed by atoms with van der Waals surface area (Å²) in [6, 6.07) is 0. The summed E-state index contributed by atoms with van der Waals surface area (Å²) in [6.07, 6.45) is 0. The molecule has 0 aliphatic rings. The second-order valence-electron chi connectivity index (χ2n) is 0.923. The fourth-order valence-corrected chi connectivity index (χ4v) is 0.